The Hall–Kier alpha value is -2.40. The first kappa shape index (κ1) is 13.3. The fourth-order valence-electron chi connectivity index (χ4n) is 2.80. The van der Waals surface area contributed by atoms with Crippen molar-refractivity contribution in [2.45, 2.75) is 6.92 Å². The van der Waals surface area contributed by atoms with Crippen molar-refractivity contribution in [1.29, 1.82) is 0 Å². The van der Waals surface area contributed by atoms with Crippen molar-refractivity contribution >= 4 is 44.0 Å². The van der Waals surface area contributed by atoms with Crippen molar-refractivity contribution in [2.75, 3.05) is 11.9 Å². The molecule has 0 atom stereocenters. The Labute approximate surface area is 132 Å². The topological polar surface area (TPSA) is 34.0 Å². The lowest BCUT2D eigenvalue weighted by Gasteiger charge is -2.19. The van der Waals surface area contributed by atoms with E-state index in [0.717, 1.165) is 27.5 Å². The van der Waals surface area contributed by atoms with E-state index in [2.05, 4.69) is 75.4 Å². The minimum Gasteiger partial charge on any atom is -0.351 e. The molecule has 0 saturated heterocycles. The fourth-order valence-corrected chi connectivity index (χ4v) is 3.60. The lowest BCUT2D eigenvalue weighted by Crippen LogP contribution is -2.12. The lowest BCUT2D eigenvalue weighted by molar-refractivity contribution is 0.969. The Morgan fingerprint density at radius 1 is 1.14 bits per heavy atom. The number of hydrogen-bond acceptors (Lipinski definition) is 4. The van der Waals surface area contributed by atoms with Crippen molar-refractivity contribution in [1.82, 2.24) is 14.5 Å². The highest BCUT2D eigenvalue weighted by molar-refractivity contribution is 7.16. The summed E-state index contributed by atoms with van der Waals surface area (Å²) in [6, 6.07) is 10.7. The summed E-state index contributed by atoms with van der Waals surface area (Å²) in [4.78, 5) is 12.3. The minimum atomic E-state index is 0.803. The van der Waals surface area contributed by atoms with Crippen LogP contribution in [0.4, 0.5) is 11.5 Å². The smallest absolute Gasteiger partial charge is 0.145 e. The van der Waals surface area contributed by atoms with E-state index in [-0.39, 0.29) is 0 Å². The van der Waals surface area contributed by atoms with Crippen LogP contribution in [0.3, 0.4) is 0 Å². The predicted octanol–water partition coefficient (Wildman–Crippen LogP) is 4.26. The molecule has 4 nitrogen and oxygen atoms in total. The molecule has 1 aromatic carbocycles. The molecular formula is C17H16N4S. The van der Waals surface area contributed by atoms with Gasteiger partial charge in [0.1, 0.15) is 16.5 Å². The van der Waals surface area contributed by atoms with Crippen LogP contribution in [-0.4, -0.2) is 21.6 Å². The molecule has 0 N–H and O–H groups in total. The van der Waals surface area contributed by atoms with Crippen LogP contribution in [0.5, 0.6) is 0 Å². The van der Waals surface area contributed by atoms with Gasteiger partial charge >= 0.3 is 0 Å². The monoisotopic (exact) mass is 308 g/mol. The average Bonchev–Trinajstić information content (AvgIpc) is 3.12. The first-order valence-corrected chi connectivity index (χ1v) is 8.02. The minimum absolute atomic E-state index is 0.803. The van der Waals surface area contributed by atoms with Crippen molar-refractivity contribution in [3.63, 3.8) is 0 Å². The molecule has 3 heterocycles. The summed E-state index contributed by atoms with van der Waals surface area (Å²) in [6.45, 7) is 1.94. The molecule has 4 aromatic rings. The molecule has 0 amide bonds. The van der Waals surface area contributed by atoms with Gasteiger partial charge in [0, 0.05) is 36.9 Å². The Balaban J connectivity index is 1.87. The molecule has 0 aliphatic rings. The highest BCUT2D eigenvalue weighted by Crippen LogP contribution is 2.32. The molecule has 110 valence electrons. The van der Waals surface area contributed by atoms with E-state index in [1.54, 1.807) is 11.3 Å². The normalized spacial score (nSPS) is 11.4. The predicted molar refractivity (Wildman–Crippen MR) is 93.1 cm³/mol. The van der Waals surface area contributed by atoms with E-state index in [0.29, 0.717) is 0 Å². The largest absolute Gasteiger partial charge is 0.351 e. The molecule has 5 heteroatoms. The number of aromatic nitrogens is 3. The van der Waals surface area contributed by atoms with E-state index in [9.17, 15) is 0 Å². The SMILES string of the molecule is Cc1nc(N(C)c2ccc3c(ccn3C)c2)c2ccsc2n1. The second-order valence-electron chi connectivity index (χ2n) is 5.46. The zero-order valence-corrected chi connectivity index (χ0v) is 13.6. The maximum absolute atomic E-state index is 4.65. The van der Waals surface area contributed by atoms with Gasteiger partial charge in [-0.15, -0.1) is 11.3 Å². The van der Waals surface area contributed by atoms with Crippen molar-refractivity contribution in [3.8, 4) is 0 Å². The van der Waals surface area contributed by atoms with E-state index < -0.39 is 0 Å². The lowest BCUT2D eigenvalue weighted by atomic mass is 10.2. The zero-order chi connectivity index (χ0) is 15.3. The van der Waals surface area contributed by atoms with Crippen LogP contribution in [0.25, 0.3) is 21.1 Å². The summed E-state index contributed by atoms with van der Waals surface area (Å²) in [7, 11) is 4.12. The number of rotatable bonds is 2. The van der Waals surface area contributed by atoms with Crippen LogP contribution in [-0.2, 0) is 7.05 Å². The number of fused-ring (bicyclic) bond motifs is 2. The molecular weight excluding hydrogens is 292 g/mol. The maximum Gasteiger partial charge on any atom is 0.145 e. The second kappa shape index (κ2) is 4.81. The third-order valence-electron chi connectivity index (χ3n) is 3.99. The maximum atomic E-state index is 4.65. The quantitative estimate of drug-likeness (QED) is 0.555. The molecule has 0 spiro atoms. The standard InChI is InChI=1S/C17H16N4S/c1-11-18-16(14-7-9-22-17(14)19-11)21(3)13-4-5-15-12(10-13)6-8-20(15)2/h4-10H,1-3H3. The molecule has 0 aliphatic heterocycles. The van der Waals surface area contributed by atoms with E-state index in [1.807, 2.05) is 6.92 Å². The van der Waals surface area contributed by atoms with E-state index in [1.165, 1.54) is 10.9 Å². The first-order chi connectivity index (χ1) is 10.6. The van der Waals surface area contributed by atoms with Gasteiger partial charge in [0.2, 0.25) is 0 Å². The molecule has 0 bridgehead atoms. The third-order valence-corrected chi connectivity index (χ3v) is 4.80. The average molecular weight is 308 g/mol. The van der Waals surface area contributed by atoms with Crippen LogP contribution < -0.4 is 4.90 Å². The Morgan fingerprint density at radius 2 is 2.00 bits per heavy atom. The Kier molecular flexibility index (Phi) is 2.90. The van der Waals surface area contributed by atoms with Gasteiger partial charge in [-0.25, -0.2) is 9.97 Å². The van der Waals surface area contributed by atoms with Gasteiger partial charge in [-0.1, -0.05) is 0 Å². The first-order valence-electron chi connectivity index (χ1n) is 7.14. The van der Waals surface area contributed by atoms with Gasteiger partial charge in [-0.3, -0.25) is 0 Å². The van der Waals surface area contributed by atoms with Gasteiger partial charge in [-0.05, 0) is 42.6 Å². The van der Waals surface area contributed by atoms with E-state index >= 15 is 0 Å². The zero-order valence-electron chi connectivity index (χ0n) is 12.7. The van der Waals surface area contributed by atoms with Crippen LogP contribution in [0, 0.1) is 6.92 Å². The number of anilines is 2. The Bertz CT molecular complexity index is 983. The summed E-state index contributed by atoms with van der Waals surface area (Å²) < 4.78 is 2.13. The van der Waals surface area contributed by atoms with Crippen LogP contribution >= 0.6 is 11.3 Å². The molecule has 22 heavy (non-hydrogen) atoms. The van der Waals surface area contributed by atoms with Crippen LogP contribution in [0.15, 0.2) is 41.9 Å². The molecule has 4 rings (SSSR count). The highest BCUT2D eigenvalue weighted by Gasteiger charge is 2.13. The summed E-state index contributed by atoms with van der Waals surface area (Å²) in [6.07, 6.45) is 2.08. The molecule has 0 aliphatic carbocycles. The molecule has 0 saturated carbocycles. The van der Waals surface area contributed by atoms with Crippen LogP contribution in [0.1, 0.15) is 5.82 Å². The molecule has 0 radical (unpaired) electrons. The number of nitrogens with zero attached hydrogens (tertiary/aromatic N) is 4. The summed E-state index contributed by atoms with van der Waals surface area (Å²) in [5.74, 6) is 1.76. The molecule has 3 aromatic heterocycles. The number of benzene rings is 1. The van der Waals surface area contributed by atoms with Crippen molar-refractivity contribution < 1.29 is 0 Å². The highest BCUT2D eigenvalue weighted by atomic mass is 32.1. The van der Waals surface area contributed by atoms with Crippen LogP contribution in [0.2, 0.25) is 0 Å². The number of thiophene rings is 1. The Morgan fingerprint density at radius 3 is 2.86 bits per heavy atom. The van der Waals surface area contributed by atoms with Gasteiger partial charge in [0.15, 0.2) is 0 Å². The third kappa shape index (κ3) is 1.97. The van der Waals surface area contributed by atoms with Gasteiger partial charge < -0.3 is 9.47 Å². The van der Waals surface area contributed by atoms with E-state index in [4.69, 9.17) is 0 Å². The van der Waals surface area contributed by atoms with Gasteiger partial charge in [-0.2, -0.15) is 0 Å². The van der Waals surface area contributed by atoms with Gasteiger partial charge in [0.25, 0.3) is 0 Å². The summed E-state index contributed by atoms with van der Waals surface area (Å²) >= 11 is 1.65. The second-order valence-corrected chi connectivity index (χ2v) is 6.36. The van der Waals surface area contributed by atoms with Crippen molar-refractivity contribution in [2.24, 2.45) is 7.05 Å². The summed E-state index contributed by atoms with van der Waals surface area (Å²) in [5, 5.41) is 4.40. The molecule has 0 unspecified atom stereocenters. The van der Waals surface area contributed by atoms with Gasteiger partial charge in [0.05, 0.1) is 5.39 Å². The fraction of sp³-hybridized carbons (Fsp3) is 0.176. The summed E-state index contributed by atoms with van der Waals surface area (Å²) in [5.41, 5.74) is 2.36. The van der Waals surface area contributed by atoms with Crippen molar-refractivity contribution in [3.05, 3.63) is 47.7 Å². The number of hydrogen-bond donors (Lipinski definition) is 0. The molecule has 0 fully saturated rings. The number of aryl methyl sites for hydroxylation is 2.